The third kappa shape index (κ3) is 6.25. The van der Waals surface area contributed by atoms with Crippen LogP contribution in [0.25, 0.3) is 0 Å². The van der Waals surface area contributed by atoms with Gasteiger partial charge in [-0.05, 0) is 80.1 Å². The summed E-state index contributed by atoms with van der Waals surface area (Å²) in [5.74, 6) is 1.24. The molecule has 166 valence electrons. The summed E-state index contributed by atoms with van der Waals surface area (Å²) in [7, 11) is 1.55. The molecule has 0 aromatic heterocycles. The lowest BCUT2D eigenvalue weighted by Gasteiger charge is -2.12. The Balaban J connectivity index is 1.52. The lowest BCUT2D eigenvalue weighted by Crippen LogP contribution is -2.20. The molecule has 0 bridgehead atoms. The third-order valence-corrected chi connectivity index (χ3v) is 4.53. The highest BCUT2D eigenvalue weighted by Gasteiger charge is 2.10. The number of anilines is 2. The Morgan fingerprint density at radius 2 is 1.47 bits per heavy atom. The molecule has 2 amide bonds. The molecule has 0 spiro atoms. The maximum Gasteiger partial charge on any atom is 0.262 e. The summed E-state index contributed by atoms with van der Waals surface area (Å²) in [6.07, 6.45) is 0. The molecular formula is C25H26N2O5. The fraction of sp³-hybridized carbons (Fsp3) is 0.200. The minimum Gasteiger partial charge on any atom is -0.494 e. The minimum absolute atomic E-state index is 0.167. The number of rotatable bonds is 9. The topological polar surface area (TPSA) is 85.9 Å². The number of methoxy groups -OCH3 is 1. The average molecular weight is 434 g/mol. The van der Waals surface area contributed by atoms with Crippen LogP contribution in [0.3, 0.4) is 0 Å². The van der Waals surface area contributed by atoms with E-state index in [1.807, 2.05) is 26.0 Å². The number of ether oxygens (including phenoxy) is 3. The van der Waals surface area contributed by atoms with Crippen LogP contribution in [0.5, 0.6) is 17.2 Å². The Hall–Kier alpha value is -4.00. The van der Waals surface area contributed by atoms with Crippen LogP contribution in [0.2, 0.25) is 0 Å². The van der Waals surface area contributed by atoms with Gasteiger partial charge in [-0.2, -0.15) is 0 Å². The van der Waals surface area contributed by atoms with Gasteiger partial charge in [0.2, 0.25) is 0 Å². The van der Waals surface area contributed by atoms with Gasteiger partial charge in [0.15, 0.2) is 18.1 Å². The van der Waals surface area contributed by atoms with Gasteiger partial charge in [0, 0.05) is 16.9 Å². The summed E-state index contributed by atoms with van der Waals surface area (Å²) in [5.41, 5.74) is 2.73. The first kappa shape index (κ1) is 22.7. The first-order chi connectivity index (χ1) is 15.5. The molecule has 7 heteroatoms. The number of hydrogen-bond acceptors (Lipinski definition) is 5. The van der Waals surface area contributed by atoms with Crippen LogP contribution in [-0.4, -0.2) is 32.1 Å². The second-order valence-electron chi connectivity index (χ2n) is 6.98. The first-order valence-corrected chi connectivity index (χ1v) is 10.2. The summed E-state index contributed by atoms with van der Waals surface area (Å²) < 4.78 is 16.2. The van der Waals surface area contributed by atoms with Crippen LogP contribution in [-0.2, 0) is 4.79 Å². The van der Waals surface area contributed by atoms with E-state index >= 15 is 0 Å². The highest BCUT2D eigenvalue weighted by molar-refractivity contribution is 6.04. The molecule has 0 aliphatic rings. The van der Waals surface area contributed by atoms with Crippen LogP contribution in [0.1, 0.15) is 22.8 Å². The molecule has 0 unspecified atom stereocenters. The van der Waals surface area contributed by atoms with Gasteiger partial charge in [0.25, 0.3) is 11.8 Å². The normalized spacial score (nSPS) is 10.2. The van der Waals surface area contributed by atoms with Crippen molar-refractivity contribution in [2.45, 2.75) is 13.8 Å². The lowest BCUT2D eigenvalue weighted by molar-refractivity contribution is -0.118. The molecule has 3 aromatic rings. The number of nitrogens with one attached hydrogen (secondary N) is 2. The van der Waals surface area contributed by atoms with Gasteiger partial charge in [-0.15, -0.1) is 0 Å². The highest BCUT2D eigenvalue weighted by Crippen LogP contribution is 2.27. The molecule has 0 saturated heterocycles. The van der Waals surface area contributed by atoms with Crippen molar-refractivity contribution in [3.63, 3.8) is 0 Å². The Morgan fingerprint density at radius 3 is 2.12 bits per heavy atom. The quantitative estimate of drug-likeness (QED) is 0.511. The fourth-order valence-electron chi connectivity index (χ4n) is 2.94. The summed E-state index contributed by atoms with van der Waals surface area (Å²) in [5, 5.41) is 5.57. The fourth-order valence-corrected chi connectivity index (χ4v) is 2.94. The van der Waals surface area contributed by atoms with E-state index in [2.05, 4.69) is 10.6 Å². The van der Waals surface area contributed by atoms with Gasteiger partial charge < -0.3 is 24.8 Å². The maximum atomic E-state index is 12.4. The SMILES string of the molecule is CCOc1ccc(NC(=O)c2ccc(NC(=O)COc3ccc(C)cc3OC)cc2)cc1. The van der Waals surface area contributed by atoms with Crippen molar-refractivity contribution in [1.82, 2.24) is 0 Å². The van der Waals surface area contributed by atoms with Crippen molar-refractivity contribution in [2.24, 2.45) is 0 Å². The van der Waals surface area contributed by atoms with Gasteiger partial charge >= 0.3 is 0 Å². The average Bonchev–Trinajstić information content (AvgIpc) is 2.80. The Bertz CT molecular complexity index is 1060. The molecular weight excluding hydrogens is 408 g/mol. The predicted octanol–water partition coefficient (Wildman–Crippen LogP) is 4.67. The lowest BCUT2D eigenvalue weighted by atomic mass is 10.2. The Labute approximate surface area is 187 Å². The van der Waals surface area contributed by atoms with Gasteiger partial charge in [-0.25, -0.2) is 0 Å². The van der Waals surface area contributed by atoms with E-state index in [-0.39, 0.29) is 18.4 Å². The van der Waals surface area contributed by atoms with Crippen LogP contribution in [0, 0.1) is 6.92 Å². The molecule has 2 N–H and O–H groups in total. The Kier molecular flexibility index (Phi) is 7.70. The predicted molar refractivity (Wildman–Crippen MR) is 124 cm³/mol. The first-order valence-electron chi connectivity index (χ1n) is 10.2. The number of carbonyl (C=O) groups excluding carboxylic acids is 2. The van der Waals surface area contributed by atoms with Gasteiger partial charge in [0.1, 0.15) is 5.75 Å². The molecule has 0 saturated carbocycles. The van der Waals surface area contributed by atoms with Gasteiger partial charge in [-0.1, -0.05) is 6.07 Å². The highest BCUT2D eigenvalue weighted by atomic mass is 16.5. The second-order valence-corrected chi connectivity index (χ2v) is 6.98. The van der Waals surface area contributed by atoms with Crippen molar-refractivity contribution in [1.29, 1.82) is 0 Å². The number of aryl methyl sites for hydroxylation is 1. The van der Waals surface area contributed by atoms with E-state index in [0.29, 0.717) is 35.0 Å². The van der Waals surface area contributed by atoms with E-state index in [1.165, 1.54) is 0 Å². The van der Waals surface area contributed by atoms with Crippen LogP contribution >= 0.6 is 0 Å². The Morgan fingerprint density at radius 1 is 0.812 bits per heavy atom. The monoisotopic (exact) mass is 434 g/mol. The van der Waals surface area contributed by atoms with Crippen molar-refractivity contribution in [2.75, 3.05) is 31.0 Å². The summed E-state index contributed by atoms with van der Waals surface area (Å²) in [4.78, 5) is 24.7. The molecule has 0 radical (unpaired) electrons. The number of amides is 2. The molecule has 3 aromatic carbocycles. The van der Waals surface area contributed by atoms with E-state index in [9.17, 15) is 9.59 Å². The zero-order chi connectivity index (χ0) is 22.9. The second kappa shape index (κ2) is 10.9. The van der Waals surface area contributed by atoms with Gasteiger partial charge in [-0.3, -0.25) is 9.59 Å². The standard InChI is InChI=1S/C25H26N2O5/c1-4-31-21-12-10-20(11-13-21)27-25(29)18-6-8-19(9-7-18)26-24(28)16-32-22-14-5-17(2)15-23(22)30-3/h5-15H,4,16H2,1-3H3,(H,26,28)(H,27,29). The van der Waals surface area contributed by atoms with E-state index in [1.54, 1.807) is 61.7 Å². The smallest absolute Gasteiger partial charge is 0.262 e. The van der Waals surface area contributed by atoms with Crippen LogP contribution < -0.4 is 24.8 Å². The minimum atomic E-state index is -0.320. The largest absolute Gasteiger partial charge is 0.494 e. The van der Waals surface area contributed by atoms with Gasteiger partial charge in [0.05, 0.1) is 13.7 Å². The summed E-state index contributed by atoms with van der Waals surface area (Å²) in [6.45, 7) is 4.28. The molecule has 0 aliphatic heterocycles. The summed E-state index contributed by atoms with van der Waals surface area (Å²) in [6, 6.07) is 19.2. The molecule has 0 heterocycles. The molecule has 0 atom stereocenters. The van der Waals surface area contributed by atoms with E-state index in [0.717, 1.165) is 11.3 Å². The van der Waals surface area contributed by atoms with Crippen LogP contribution in [0.4, 0.5) is 11.4 Å². The number of carbonyl (C=O) groups is 2. The van der Waals surface area contributed by atoms with Crippen molar-refractivity contribution < 1.29 is 23.8 Å². The number of benzene rings is 3. The molecule has 3 rings (SSSR count). The van der Waals surface area contributed by atoms with E-state index < -0.39 is 0 Å². The molecule has 32 heavy (non-hydrogen) atoms. The van der Waals surface area contributed by atoms with Crippen molar-refractivity contribution in [3.05, 3.63) is 77.9 Å². The third-order valence-electron chi connectivity index (χ3n) is 4.53. The van der Waals surface area contributed by atoms with E-state index in [4.69, 9.17) is 14.2 Å². The summed E-state index contributed by atoms with van der Waals surface area (Å²) >= 11 is 0. The molecule has 7 nitrogen and oxygen atoms in total. The van der Waals surface area contributed by atoms with Crippen molar-refractivity contribution in [3.8, 4) is 17.2 Å². The zero-order valence-corrected chi connectivity index (χ0v) is 18.3. The number of hydrogen-bond donors (Lipinski definition) is 2. The molecule has 0 fully saturated rings. The zero-order valence-electron chi connectivity index (χ0n) is 18.3. The van der Waals surface area contributed by atoms with Crippen LogP contribution in [0.15, 0.2) is 66.7 Å². The van der Waals surface area contributed by atoms with Crippen molar-refractivity contribution >= 4 is 23.2 Å². The maximum absolute atomic E-state index is 12.4. The molecule has 0 aliphatic carbocycles.